The van der Waals surface area contributed by atoms with Crippen LogP contribution < -0.4 is 0 Å². The summed E-state index contributed by atoms with van der Waals surface area (Å²) in [6, 6.07) is 25.1. The van der Waals surface area contributed by atoms with Gasteiger partial charge in [-0.1, -0.05) is 54.6 Å². The van der Waals surface area contributed by atoms with Gasteiger partial charge in [-0.2, -0.15) is 0 Å². The molecule has 2 bridgehead atoms. The highest BCUT2D eigenvalue weighted by Gasteiger charge is 2.45. The lowest BCUT2D eigenvalue weighted by molar-refractivity contribution is 0.0576. The van der Waals surface area contributed by atoms with E-state index < -0.39 is 0 Å². The second kappa shape index (κ2) is 11.6. The van der Waals surface area contributed by atoms with E-state index in [1.54, 1.807) is 24.3 Å². The van der Waals surface area contributed by atoms with Crippen LogP contribution in [0.2, 0.25) is 0 Å². The van der Waals surface area contributed by atoms with Gasteiger partial charge in [0.05, 0.1) is 0 Å². The lowest BCUT2D eigenvalue weighted by Crippen LogP contribution is -2.45. The molecule has 2 nitrogen and oxygen atoms in total. The van der Waals surface area contributed by atoms with Crippen molar-refractivity contribution in [3.05, 3.63) is 107 Å². The molecule has 2 fully saturated rings. The predicted octanol–water partition coefficient (Wildman–Crippen LogP) is 7.54. The van der Waals surface area contributed by atoms with Crippen molar-refractivity contribution in [3.8, 4) is 0 Å². The molecule has 2 heterocycles. The Labute approximate surface area is 213 Å². The molecular weight excluding hydrogens is 464 g/mol. The van der Waals surface area contributed by atoms with Crippen LogP contribution in [0.15, 0.2) is 78.9 Å². The third-order valence-electron chi connectivity index (χ3n) is 7.97. The van der Waals surface area contributed by atoms with Gasteiger partial charge in [0.1, 0.15) is 17.7 Å². The van der Waals surface area contributed by atoms with E-state index in [4.69, 9.17) is 4.74 Å². The van der Waals surface area contributed by atoms with Gasteiger partial charge in [0.25, 0.3) is 0 Å². The summed E-state index contributed by atoms with van der Waals surface area (Å²) < 4.78 is 33.4. The molecule has 0 spiro atoms. The van der Waals surface area contributed by atoms with Crippen LogP contribution in [-0.2, 0) is 4.74 Å². The van der Waals surface area contributed by atoms with E-state index in [0.29, 0.717) is 30.5 Å². The Morgan fingerprint density at radius 1 is 0.857 bits per heavy atom. The molecule has 4 atom stereocenters. The van der Waals surface area contributed by atoms with E-state index in [0.717, 1.165) is 24.0 Å². The van der Waals surface area contributed by atoms with E-state index in [2.05, 4.69) is 42.3 Å². The lowest BCUT2D eigenvalue weighted by Gasteiger charge is -2.43. The number of nitrogens with zero attached hydrogens (tertiary/aromatic N) is 1. The van der Waals surface area contributed by atoms with E-state index in [-0.39, 0.29) is 30.1 Å². The normalized spacial score (nSPS) is 23.9. The number of hydrogen-bond donors (Lipinski definition) is 0. The number of benzene rings is 3. The highest BCUT2D eigenvalue weighted by molar-refractivity contribution is 5.85. The van der Waals surface area contributed by atoms with Crippen LogP contribution in [0.4, 0.5) is 8.78 Å². The van der Waals surface area contributed by atoms with Crippen LogP contribution in [-0.4, -0.2) is 30.6 Å². The Hall–Kier alpha value is -2.27. The largest absolute Gasteiger partial charge is 0.369 e. The van der Waals surface area contributed by atoms with Gasteiger partial charge in [-0.3, -0.25) is 0 Å². The van der Waals surface area contributed by atoms with Crippen LogP contribution in [0.1, 0.15) is 60.8 Å². The van der Waals surface area contributed by atoms with Crippen molar-refractivity contribution in [2.45, 2.75) is 56.2 Å². The minimum Gasteiger partial charge on any atom is -0.369 e. The van der Waals surface area contributed by atoms with Crippen LogP contribution in [0.5, 0.6) is 0 Å². The summed E-state index contributed by atoms with van der Waals surface area (Å²) in [5.74, 6) is 0.666. The van der Waals surface area contributed by atoms with Crippen molar-refractivity contribution in [1.29, 1.82) is 0 Å². The summed E-state index contributed by atoms with van der Waals surface area (Å²) in [5.41, 5.74) is 3.23. The number of rotatable bonds is 8. The number of halogens is 3. The molecule has 0 radical (unpaired) electrons. The van der Waals surface area contributed by atoms with E-state index in [9.17, 15) is 8.78 Å². The van der Waals surface area contributed by atoms with Gasteiger partial charge in [0.15, 0.2) is 0 Å². The van der Waals surface area contributed by atoms with Gasteiger partial charge in [-0.05, 0) is 91.9 Å². The Balaban J connectivity index is 0.00000289. The fraction of sp³-hybridized carbons (Fsp3) is 0.400. The zero-order valence-electron chi connectivity index (χ0n) is 20.2. The molecule has 2 aliphatic rings. The first kappa shape index (κ1) is 25.8. The van der Waals surface area contributed by atoms with Crippen molar-refractivity contribution in [3.63, 3.8) is 0 Å². The zero-order valence-corrected chi connectivity index (χ0v) is 21.0. The van der Waals surface area contributed by atoms with Gasteiger partial charge >= 0.3 is 0 Å². The van der Waals surface area contributed by atoms with E-state index in [1.807, 2.05) is 0 Å². The number of fused-ring (bicyclic) bond motifs is 2. The summed E-state index contributed by atoms with van der Waals surface area (Å²) in [4.78, 5) is 2.62. The first-order chi connectivity index (χ1) is 16.6. The zero-order chi connectivity index (χ0) is 23.5. The molecule has 186 valence electrons. The molecule has 5 heteroatoms. The molecule has 0 aromatic heterocycles. The topological polar surface area (TPSA) is 12.5 Å². The summed E-state index contributed by atoms with van der Waals surface area (Å²) in [6.45, 7) is 0.608. The Kier molecular flexibility index (Phi) is 8.59. The maximum Gasteiger partial charge on any atom is 0.123 e. The first-order valence-electron chi connectivity index (χ1n) is 12.5. The summed E-state index contributed by atoms with van der Waals surface area (Å²) in [7, 11) is 2.30. The minimum atomic E-state index is -0.337. The smallest absolute Gasteiger partial charge is 0.123 e. The van der Waals surface area contributed by atoms with Gasteiger partial charge < -0.3 is 9.64 Å². The Bertz CT molecular complexity index is 1010. The minimum absolute atomic E-state index is 0. The van der Waals surface area contributed by atoms with E-state index in [1.165, 1.54) is 49.1 Å². The Morgan fingerprint density at radius 3 is 2.06 bits per heavy atom. The van der Waals surface area contributed by atoms with Crippen LogP contribution >= 0.6 is 12.4 Å². The van der Waals surface area contributed by atoms with Gasteiger partial charge in [-0.25, -0.2) is 8.78 Å². The first-order valence-corrected chi connectivity index (χ1v) is 12.5. The predicted molar refractivity (Wildman–Crippen MR) is 139 cm³/mol. The molecule has 3 aromatic rings. The Morgan fingerprint density at radius 2 is 1.46 bits per heavy atom. The molecule has 4 unspecified atom stereocenters. The molecule has 3 aromatic carbocycles. The van der Waals surface area contributed by atoms with Crippen LogP contribution in [0.25, 0.3) is 0 Å². The molecule has 2 saturated heterocycles. The SMILES string of the molecule is CN1C2CCC1C(CCCOC(c1ccc(F)cc1)c1ccc(F)cc1)C(c1ccccc1)C2.Cl. The molecule has 2 aliphatic heterocycles. The van der Waals surface area contributed by atoms with Gasteiger partial charge in [0, 0.05) is 18.7 Å². The van der Waals surface area contributed by atoms with Gasteiger partial charge in [-0.15, -0.1) is 12.4 Å². The lowest BCUT2D eigenvalue weighted by atomic mass is 9.74. The maximum atomic E-state index is 13.5. The van der Waals surface area contributed by atoms with Gasteiger partial charge in [0.2, 0.25) is 0 Å². The number of hydrogen-bond acceptors (Lipinski definition) is 2. The summed E-state index contributed by atoms with van der Waals surface area (Å²) in [6.07, 6.45) is 5.55. The second-order valence-corrected chi connectivity index (χ2v) is 9.88. The number of ether oxygens (including phenoxy) is 1. The quantitative estimate of drug-likeness (QED) is 0.298. The van der Waals surface area contributed by atoms with Crippen molar-refractivity contribution < 1.29 is 13.5 Å². The molecular formula is C30H34ClF2NO. The molecule has 0 aliphatic carbocycles. The standard InChI is InChI=1S/C30H33F2NO.ClH/c1-33-26-17-18-29(33)27(28(20-26)21-6-3-2-4-7-21)8-5-19-34-30(22-9-13-24(31)14-10-22)23-11-15-25(32)16-12-23;/h2-4,6-7,9-16,26-30H,5,8,17-20H2,1H3;1H. The average molecular weight is 498 g/mol. The fourth-order valence-corrected chi connectivity index (χ4v) is 6.23. The van der Waals surface area contributed by atoms with Crippen molar-refractivity contribution in [2.24, 2.45) is 5.92 Å². The summed E-state index contributed by atoms with van der Waals surface area (Å²) in [5, 5.41) is 0. The van der Waals surface area contributed by atoms with Crippen molar-refractivity contribution in [2.75, 3.05) is 13.7 Å². The molecule has 0 N–H and O–H groups in total. The third kappa shape index (κ3) is 5.77. The van der Waals surface area contributed by atoms with Crippen LogP contribution in [0.3, 0.4) is 0 Å². The van der Waals surface area contributed by atoms with Crippen molar-refractivity contribution >= 4 is 12.4 Å². The molecule has 5 rings (SSSR count). The second-order valence-electron chi connectivity index (χ2n) is 9.88. The molecule has 0 saturated carbocycles. The van der Waals surface area contributed by atoms with E-state index >= 15 is 0 Å². The summed E-state index contributed by atoms with van der Waals surface area (Å²) >= 11 is 0. The van der Waals surface area contributed by atoms with Crippen LogP contribution in [0, 0.1) is 17.6 Å². The average Bonchev–Trinajstić information content (AvgIpc) is 3.10. The highest BCUT2D eigenvalue weighted by atomic mass is 35.5. The number of piperidine rings is 1. The molecule has 0 amide bonds. The fourth-order valence-electron chi connectivity index (χ4n) is 6.23. The highest BCUT2D eigenvalue weighted by Crippen LogP contribution is 2.47. The maximum absolute atomic E-state index is 13.5. The monoisotopic (exact) mass is 497 g/mol. The third-order valence-corrected chi connectivity index (χ3v) is 7.97. The molecule has 35 heavy (non-hydrogen) atoms. The van der Waals surface area contributed by atoms with Crippen molar-refractivity contribution in [1.82, 2.24) is 4.90 Å².